The molecule has 2 aromatic heterocycles. The van der Waals surface area contributed by atoms with Gasteiger partial charge in [-0.15, -0.1) is 0 Å². The first kappa shape index (κ1) is 12.1. The van der Waals surface area contributed by atoms with Crippen molar-refractivity contribution < 1.29 is 0 Å². The molecule has 0 aliphatic carbocycles. The molecule has 0 saturated carbocycles. The van der Waals surface area contributed by atoms with Gasteiger partial charge in [-0.05, 0) is 34.6 Å². The second-order valence-electron chi connectivity index (χ2n) is 3.56. The van der Waals surface area contributed by atoms with Gasteiger partial charge >= 0.3 is 0 Å². The molecule has 5 heteroatoms. The van der Waals surface area contributed by atoms with E-state index < -0.39 is 0 Å². The molecule has 4 nitrogen and oxygen atoms in total. The number of rotatable bonds is 4. The molecule has 0 atom stereocenters. The lowest BCUT2D eigenvalue weighted by Gasteiger charge is -2.02. The Labute approximate surface area is 109 Å². The second kappa shape index (κ2) is 5.84. The normalized spacial score (nSPS) is 10.5. The molecule has 0 unspecified atom stereocenters. The van der Waals surface area contributed by atoms with E-state index >= 15 is 0 Å². The maximum absolute atomic E-state index is 4.30. The molecule has 0 saturated heterocycles. The topological polar surface area (TPSA) is 50.7 Å². The maximum Gasteiger partial charge on any atom is 0.178 e. The zero-order chi connectivity index (χ0) is 12.1. The lowest BCUT2D eigenvalue weighted by atomic mass is 10.3. The number of pyridine rings is 1. The highest BCUT2D eigenvalue weighted by Crippen LogP contribution is 2.14. The fourth-order valence-corrected chi connectivity index (χ4v) is 1.59. The van der Waals surface area contributed by atoms with Crippen molar-refractivity contribution in [2.45, 2.75) is 13.5 Å². The van der Waals surface area contributed by atoms with Crippen LogP contribution in [0.2, 0.25) is 0 Å². The van der Waals surface area contributed by atoms with E-state index in [4.69, 9.17) is 0 Å². The smallest absolute Gasteiger partial charge is 0.178 e. The van der Waals surface area contributed by atoms with Gasteiger partial charge in [0, 0.05) is 35.2 Å². The van der Waals surface area contributed by atoms with E-state index in [1.807, 2.05) is 24.5 Å². The van der Waals surface area contributed by atoms with Crippen LogP contribution in [-0.4, -0.2) is 21.5 Å². The molecular weight excluding hydrogens is 280 g/mol. The minimum Gasteiger partial charge on any atom is -0.313 e. The highest BCUT2D eigenvalue weighted by molar-refractivity contribution is 9.10. The first-order valence-corrected chi connectivity index (χ1v) is 6.22. The first-order chi connectivity index (χ1) is 8.29. The lowest BCUT2D eigenvalue weighted by molar-refractivity contribution is 0.721. The van der Waals surface area contributed by atoms with Gasteiger partial charge in [0.1, 0.15) is 5.69 Å². The van der Waals surface area contributed by atoms with Crippen molar-refractivity contribution in [2.75, 3.05) is 6.54 Å². The van der Waals surface area contributed by atoms with E-state index in [0.717, 1.165) is 28.8 Å². The van der Waals surface area contributed by atoms with E-state index in [0.29, 0.717) is 5.82 Å². The van der Waals surface area contributed by atoms with E-state index in [-0.39, 0.29) is 0 Å². The second-order valence-corrected chi connectivity index (χ2v) is 4.47. The van der Waals surface area contributed by atoms with E-state index in [1.54, 1.807) is 6.20 Å². The quantitative estimate of drug-likeness (QED) is 0.940. The molecule has 2 heterocycles. The fraction of sp³-hybridized carbons (Fsp3) is 0.250. The summed E-state index contributed by atoms with van der Waals surface area (Å²) in [6.07, 6.45) is 5.40. The average Bonchev–Trinajstić information content (AvgIpc) is 2.38. The molecule has 0 aliphatic rings. The van der Waals surface area contributed by atoms with Gasteiger partial charge in [0.05, 0.1) is 0 Å². The minimum atomic E-state index is 0.651. The molecule has 0 fully saturated rings. The van der Waals surface area contributed by atoms with Gasteiger partial charge in [-0.3, -0.25) is 4.98 Å². The number of nitrogens with zero attached hydrogens (tertiary/aromatic N) is 3. The third-order valence-electron chi connectivity index (χ3n) is 2.24. The zero-order valence-corrected chi connectivity index (χ0v) is 11.1. The molecule has 88 valence electrons. The largest absolute Gasteiger partial charge is 0.313 e. The van der Waals surface area contributed by atoms with Crippen molar-refractivity contribution in [3.05, 3.63) is 40.8 Å². The maximum atomic E-state index is 4.30. The highest BCUT2D eigenvalue weighted by atomic mass is 79.9. The Morgan fingerprint density at radius 2 is 1.88 bits per heavy atom. The first-order valence-electron chi connectivity index (χ1n) is 5.43. The fourth-order valence-electron chi connectivity index (χ4n) is 1.36. The van der Waals surface area contributed by atoms with Crippen LogP contribution >= 0.6 is 15.9 Å². The summed E-state index contributed by atoms with van der Waals surface area (Å²) in [5.74, 6) is 0.651. The van der Waals surface area contributed by atoms with Crippen molar-refractivity contribution in [3.63, 3.8) is 0 Å². The van der Waals surface area contributed by atoms with Crippen molar-refractivity contribution in [1.29, 1.82) is 0 Å². The Morgan fingerprint density at radius 1 is 1.12 bits per heavy atom. The van der Waals surface area contributed by atoms with Gasteiger partial charge in [0.2, 0.25) is 0 Å². The van der Waals surface area contributed by atoms with Crippen LogP contribution in [0.25, 0.3) is 11.5 Å². The number of halogens is 1. The Balaban J connectivity index is 2.14. The summed E-state index contributed by atoms with van der Waals surface area (Å²) in [6.45, 7) is 3.81. The number of hydrogen-bond donors (Lipinski definition) is 1. The summed E-state index contributed by atoms with van der Waals surface area (Å²) in [5.41, 5.74) is 1.86. The van der Waals surface area contributed by atoms with Crippen molar-refractivity contribution in [3.8, 4) is 11.5 Å². The van der Waals surface area contributed by atoms with E-state index in [1.165, 1.54) is 0 Å². The molecule has 17 heavy (non-hydrogen) atoms. The molecule has 2 aromatic rings. The number of nitrogens with one attached hydrogen (secondary N) is 1. The van der Waals surface area contributed by atoms with E-state index in [9.17, 15) is 0 Å². The van der Waals surface area contributed by atoms with Crippen molar-refractivity contribution >= 4 is 15.9 Å². The van der Waals surface area contributed by atoms with Crippen LogP contribution in [0.3, 0.4) is 0 Å². The average molecular weight is 293 g/mol. The molecule has 2 rings (SSSR count). The van der Waals surface area contributed by atoms with Crippen LogP contribution in [0.4, 0.5) is 0 Å². The summed E-state index contributed by atoms with van der Waals surface area (Å²) in [4.78, 5) is 12.9. The third-order valence-corrected chi connectivity index (χ3v) is 2.71. The summed E-state index contributed by atoms with van der Waals surface area (Å²) >= 11 is 3.35. The summed E-state index contributed by atoms with van der Waals surface area (Å²) in [5, 5.41) is 3.23. The number of hydrogen-bond acceptors (Lipinski definition) is 4. The molecule has 0 aliphatic heterocycles. The molecule has 1 N–H and O–H groups in total. The van der Waals surface area contributed by atoms with Gasteiger partial charge in [0.25, 0.3) is 0 Å². The molecule has 0 amide bonds. The Morgan fingerprint density at radius 3 is 2.47 bits per heavy atom. The van der Waals surface area contributed by atoms with Crippen LogP contribution < -0.4 is 5.32 Å². The van der Waals surface area contributed by atoms with Gasteiger partial charge < -0.3 is 5.32 Å². The molecule has 0 bridgehead atoms. The highest BCUT2D eigenvalue weighted by Gasteiger charge is 2.02. The third kappa shape index (κ3) is 3.31. The summed E-state index contributed by atoms with van der Waals surface area (Å²) in [7, 11) is 0. The molecular formula is C12H13BrN4. The van der Waals surface area contributed by atoms with Crippen LogP contribution in [-0.2, 0) is 6.54 Å². The van der Waals surface area contributed by atoms with Gasteiger partial charge in [-0.25, -0.2) is 9.97 Å². The summed E-state index contributed by atoms with van der Waals surface area (Å²) < 4.78 is 0.949. The van der Waals surface area contributed by atoms with Crippen LogP contribution in [0.15, 0.2) is 35.2 Å². The van der Waals surface area contributed by atoms with Gasteiger partial charge in [-0.2, -0.15) is 0 Å². The Bertz CT molecular complexity index is 467. The summed E-state index contributed by atoms with van der Waals surface area (Å²) in [6, 6.07) is 3.82. The molecule has 0 spiro atoms. The number of aromatic nitrogens is 3. The predicted octanol–water partition coefficient (Wildman–Crippen LogP) is 2.41. The van der Waals surface area contributed by atoms with E-state index in [2.05, 4.69) is 43.1 Å². The lowest BCUT2D eigenvalue weighted by Crippen LogP contribution is -2.12. The monoisotopic (exact) mass is 292 g/mol. The molecule has 0 radical (unpaired) electrons. The predicted molar refractivity (Wildman–Crippen MR) is 70.3 cm³/mol. The Hall–Kier alpha value is -1.33. The van der Waals surface area contributed by atoms with Gasteiger partial charge in [-0.1, -0.05) is 6.92 Å². The van der Waals surface area contributed by atoms with Crippen LogP contribution in [0.5, 0.6) is 0 Å². The van der Waals surface area contributed by atoms with Crippen molar-refractivity contribution in [2.24, 2.45) is 0 Å². The SMILES string of the molecule is CCNCc1cnc(-c2ccc(Br)cn2)nc1. The standard InChI is InChI=1S/C12H13BrN4/c1-2-14-5-9-6-16-12(17-7-9)11-4-3-10(13)8-15-11/h3-4,6-8,14H,2,5H2,1H3. The minimum absolute atomic E-state index is 0.651. The van der Waals surface area contributed by atoms with Crippen LogP contribution in [0.1, 0.15) is 12.5 Å². The molecule has 0 aromatic carbocycles. The zero-order valence-electron chi connectivity index (χ0n) is 9.52. The van der Waals surface area contributed by atoms with Crippen molar-refractivity contribution in [1.82, 2.24) is 20.3 Å². The van der Waals surface area contributed by atoms with Crippen LogP contribution in [0, 0.1) is 0 Å². The Kier molecular flexibility index (Phi) is 4.17. The van der Waals surface area contributed by atoms with Gasteiger partial charge in [0.15, 0.2) is 5.82 Å².